The molecule has 3 nitrogen and oxygen atoms in total. The number of nitrogens with zero attached hydrogens (tertiary/aromatic N) is 1. The zero-order valence-electron chi connectivity index (χ0n) is 12.2. The minimum atomic E-state index is 0.764. The first-order chi connectivity index (χ1) is 8.77. The van der Waals surface area contributed by atoms with E-state index in [-0.39, 0.29) is 0 Å². The first-order valence-corrected chi connectivity index (χ1v) is 7.81. The van der Waals surface area contributed by atoms with Gasteiger partial charge in [0.1, 0.15) is 0 Å². The summed E-state index contributed by atoms with van der Waals surface area (Å²) in [6.45, 7) is 11.1. The van der Waals surface area contributed by atoms with Crippen LogP contribution in [0.1, 0.15) is 39.5 Å². The summed E-state index contributed by atoms with van der Waals surface area (Å²) in [6.07, 6.45) is 5.65. The van der Waals surface area contributed by atoms with Crippen molar-refractivity contribution in [1.82, 2.24) is 10.2 Å². The first-order valence-electron chi connectivity index (χ1n) is 7.81. The van der Waals surface area contributed by atoms with E-state index in [1.165, 1.54) is 32.2 Å². The molecule has 0 aromatic carbocycles. The lowest BCUT2D eigenvalue weighted by Gasteiger charge is -2.36. The molecule has 2 aliphatic rings. The van der Waals surface area contributed by atoms with Gasteiger partial charge < -0.3 is 10.1 Å². The van der Waals surface area contributed by atoms with Crippen molar-refractivity contribution in [2.45, 2.75) is 45.6 Å². The predicted molar refractivity (Wildman–Crippen MR) is 75.8 cm³/mol. The van der Waals surface area contributed by atoms with Crippen LogP contribution < -0.4 is 5.32 Å². The monoisotopic (exact) mass is 254 g/mol. The molecule has 0 aromatic heterocycles. The van der Waals surface area contributed by atoms with Gasteiger partial charge in [-0.3, -0.25) is 4.90 Å². The Bertz CT molecular complexity index is 227. The lowest BCUT2D eigenvalue weighted by Crippen LogP contribution is -2.46. The maximum absolute atomic E-state index is 5.38. The zero-order valence-corrected chi connectivity index (χ0v) is 12.2. The first kappa shape index (κ1) is 14.3. The van der Waals surface area contributed by atoms with E-state index in [0.717, 1.165) is 50.7 Å². The molecule has 0 spiro atoms. The van der Waals surface area contributed by atoms with Crippen molar-refractivity contribution in [1.29, 1.82) is 0 Å². The molecule has 2 fully saturated rings. The van der Waals surface area contributed by atoms with Gasteiger partial charge in [0.2, 0.25) is 0 Å². The van der Waals surface area contributed by atoms with E-state index >= 15 is 0 Å². The summed E-state index contributed by atoms with van der Waals surface area (Å²) in [5.74, 6) is 1.72. The maximum Gasteiger partial charge on any atom is 0.0594 e. The summed E-state index contributed by atoms with van der Waals surface area (Å²) >= 11 is 0. The minimum Gasteiger partial charge on any atom is -0.379 e. The Kier molecular flexibility index (Phi) is 5.93. The Labute approximate surface area is 112 Å². The van der Waals surface area contributed by atoms with Gasteiger partial charge in [0.25, 0.3) is 0 Å². The summed E-state index contributed by atoms with van der Waals surface area (Å²) in [5.41, 5.74) is 0. The van der Waals surface area contributed by atoms with Crippen LogP contribution in [0, 0.1) is 11.8 Å². The summed E-state index contributed by atoms with van der Waals surface area (Å²) in [4.78, 5) is 2.52. The average Bonchev–Trinajstić information content (AvgIpc) is 2.40. The highest BCUT2D eigenvalue weighted by Crippen LogP contribution is 2.29. The third-order valence-electron chi connectivity index (χ3n) is 4.61. The van der Waals surface area contributed by atoms with Gasteiger partial charge in [0.15, 0.2) is 0 Å². The Balaban J connectivity index is 1.67. The average molecular weight is 254 g/mol. The van der Waals surface area contributed by atoms with Crippen LogP contribution in [0.5, 0.6) is 0 Å². The number of ether oxygens (including phenoxy) is 1. The Hall–Kier alpha value is -0.120. The second kappa shape index (κ2) is 7.46. The van der Waals surface area contributed by atoms with Crippen LogP contribution in [-0.4, -0.2) is 50.3 Å². The Morgan fingerprint density at radius 2 is 1.89 bits per heavy atom. The third-order valence-corrected chi connectivity index (χ3v) is 4.61. The van der Waals surface area contributed by atoms with E-state index in [2.05, 4.69) is 24.1 Å². The number of hydrogen-bond donors (Lipinski definition) is 1. The second-order valence-corrected chi connectivity index (χ2v) is 6.21. The molecule has 0 radical (unpaired) electrons. The standard InChI is InChI=1S/C15H30N2O/c1-13(2)14-5-3-4-6-15(14)16-7-8-17-9-11-18-12-10-17/h13-16H,3-12H2,1-2H3. The molecule has 1 heterocycles. The molecule has 18 heavy (non-hydrogen) atoms. The number of nitrogens with one attached hydrogen (secondary N) is 1. The Morgan fingerprint density at radius 1 is 1.17 bits per heavy atom. The van der Waals surface area contributed by atoms with Gasteiger partial charge in [0.05, 0.1) is 13.2 Å². The second-order valence-electron chi connectivity index (χ2n) is 6.21. The normalized spacial score (nSPS) is 30.8. The highest BCUT2D eigenvalue weighted by atomic mass is 16.5. The van der Waals surface area contributed by atoms with E-state index in [9.17, 15) is 0 Å². The number of rotatable bonds is 5. The topological polar surface area (TPSA) is 24.5 Å². The summed E-state index contributed by atoms with van der Waals surface area (Å²) in [7, 11) is 0. The summed E-state index contributed by atoms with van der Waals surface area (Å²) in [6, 6.07) is 0.764. The van der Waals surface area contributed by atoms with E-state index in [0.29, 0.717) is 0 Å². The van der Waals surface area contributed by atoms with Gasteiger partial charge in [0, 0.05) is 32.2 Å². The lowest BCUT2D eigenvalue weighted by molar-refractivity contribution is 0.0374. The molecule has 106 valence electrons. The SMILES string of the molecule is CC(C)C1CCCCC1NCCN1CCOCC1. The van der Waals surface area contributed by atoms with Crippen molar-refractivity contribution in [3.63, 3.8) is 0 Å². The third kappa shape index (κ3) is 4.22. The molecule has 0 aromatic rings. The Morgan fingerprint density at radius 3 is 2.61 bits per heavy atom. The van der Waals surface area contributed by atoms with E-state index in [1.807, 2.05) is 0 Å². The molecule has 3 heteroatoms. The zero-order chi connectivity index (χ0) is 12.8. The molecule has 2 atom stereocenters. The van der Waals surface area contributed by atoms with Gasteiger partial charge in [-0.25, -0.2) is 0 Å². The van der Waals surface area contributed by atoms with Crippen LogP contribution in [0.15, 0.2) is 0 Å². The fourth-order valence-electron chi connectivity index (χ4n) is 3.44. The van der Waals surface area contributed by atoms with Gasteiger partial charge >= 0.3 is 0 Å². The van der Waals surface area contributed by atoms with Crippen LogP contribution in [0.2, 0.25) is 0 Å². The van der Waals surface area contributed by atoms with Crippen LogP contribution >= 0.6 is 0 Å². The van der Waals surface area contributed by atoms with E-state index in [4.69, 9.17) is 4.74 Å². The minimum absolute atomic E-state index is 0.764. The molecule has 0 amide bonds. The van der Waals surface area contributed by atoms with Crippen molar-refractivity contribution in [3.8, 4) is 0 Å². The van der Waals surface area contributed by atoms with Crippen LogP contribution in [0.4, 0.5) is 0 Å². The molecule has 0 bridgehead atoms. The predicted octanol–water partition coefficient (Wildman–Crippen LogP) is 2.12. The van der Waals surface area contributed by atoms with Crippen molar-refractivity contribution in [3.05, 3.63) is 0 Å². The van der Waals surface area contributed by atoms with Gasteiger partial charge in [-0.1, -0.05) is 26.7 Å². The van der Waals surface area contributed by atoms with Gasteiger partial charge in [-0.05, 0) is 24.7 Å². The summed E-state index contributed by atoms with van der Waals surface area (Å²) < 4.78 is 5.38. The van der Waals surface area contributed by atoms with E-state index < -0.39 is 0 Å². The highest BCUT2D eigenvalue weighted by Gasteiger charge is 2.26. The number of hydrogen-bond acceptors (Lipinski definition) is 3. The fraction of sp³-hybridized carbons (Fsp3) is 1.00. The molecule has 1 aliphatic carbocycles. The molecule has 1 saturated heterocycles. The van der Waals surface area contributed by atoms with Gasteiger partial charge in [-0.15, -0.1) is 0 Å². The van der Waals surface area contributed by atoms with Gasteiger partial charge in [-0.2, -0.15) is 0 Å². The fourth-order valence-corrected chi connectivity index (χ4v) is 3.44. The van der Waals surface area contributed by atoms with Crippen molar-refractivity contribution in [2.75, 3.05) is 39.4 Å². The van der Waals surface area contributed by atoms with Crippen LogP contribution in [0.3, 0.4) is 0 Å². The van der Waals surface area contributed by atoms with E-state index in [1.54, 1.807) is 0 Å². The summed E-state index contributed by atoms with van der Waals surface area (Å²) in [5, 5.41) is 3.82. The smallest absolute Gasteiger partial charge is 0.0594 e. The molecule has 2 rings (SSSR count). The van der Waals surface area contributed by atoms with Crippen molar-refractivity contribution in [2.24, 2.45) is 11.8 Å². The highest BCUT2D eigenvalue weighted by molar-refractivity contribution is 4.83. The van der Waals surface area contributed by atoms with Crippen molar-refractivity contribution < 1.29 is 4.74 Å². The molecule has 1 aliphatic heterocycles. The molecule has 1 saturated carbocycles. The van der Waals surface area contributed by atoms with Crippen LogP contribution in [-0.2, 0) is 4.74 Å². The molecular weight excluding hydrogens is 224 g/mol. The number of morpholine rings is 1. The lowest BCUT2D eigenvalue weighted by atomic mass is 9.78. The van der Waals surface area contributed by atoms with Crippen LogP contribution in [0.25, 0.3) is 0 Å². The molecular formula is C15H30N2O. The largest absolute Gasteiger partial charge is 0.379 e. The maximum atomic E-state index is 5.38. The van der Waals surface area contributed by atoms with Crippen molar-refractivity contribution >= 4 is 0 Å². The molecule has 1 N–H and O–H groups in total. The molecule has 2 unspecified atom stereocenters. The quantitative estimate of drug-likeness (QED) is 0.813.